The first-order valence-electron chi connectivity index (χ1n) is 11.6. The van der Waals surface area contributed by atoms with Crippen LogP contribution in [-0.4, -0.2) is 60.6 Å². The molecule has 0 bridgehead atoms. The maximum atomic E-state index is 12.6. The van der Waals surface area contributed by atoms with Gasteiger partial charge in [-0.2, -0.15) is 0 Å². The van der Waals surface area contributed by atoms with E-state index in [0.717, 1.165) is 84.6 Å². The largest absolute Gasteiger partial charge is 0.493 e. The Bertz CT molecular complexity index is 1240. The van der Waals surface area contributed by atoms with Gasteiger partial charge in [-0.1, -0.05) is 6.92 Å². The lowest BCUT2D eigenvalue weighted by molar-refractivity contribution is 0.0958. The number of nitrogens with zero attached hydrogens (tertiary/aromatic N) is 3. The second-order valence-corrected chi connectivity index (χ2v) is 8.62. The predicted molar refractivity (Wildman–Crippen MR) is 128 cm³/mol. The van der Waals surface area contributed by atoms with Crippen molar-refractivity contribution < 1.29 is 9.53 Å². The van der Waals surface area contributed by atoms with E-state index in [4.69, 9.17) is 4.74 Å². The number of aromatic nitrogens is 2. The molecule has 3 aromatic rings. The molecule has 2 aromatic heterocycles. The van der Waals surface area contributed by atoms with Gasteiger partial charge in [-0.3, -0.25) is 14.5 Å². The van der Waals surface area contributed by atoms with Crippen molar-refractivity contribution in [1.82, 2.24) is 20.2 Å². The second-order valence-electron chi connectivity index (χ2n) is 8.62. The van der Waals surface area contributed by atoms with E-state index in [1.807, 2.05) is 13.0 Å². The van der Waals surface area contributed by atoms with E-state index in [-0.39, 0.29) is 11.5 Å². The highest BCUT2D eigenvalue weighted by Gasteiger charge is 2.22. The van der Waals surface area contributed by atoms with Crippen molar-refractivity contribution in [3.8, 4) is 5.75 Å². The van der Waals surface area contributed by atoms with Gasteiger partial charge < -0.3 is 19.9 Å². The topological polar surface area (TPSA) is 90.6 Å². The number of piperazine rings is 1. The van der Waals surface area contributed by atoms with Gasteiger partial charge >= 0.3 is 0 Å². The van der Waals surface area contributed by atoms with Crippen LogP contribution in [0.5, 0.6) is 5.75 Å². The summed E-state index contributed by atoms with van der Waals surface area (Å²) in [5, 5.41) is 3.66. The van der Waals surface area contributed by atoms with Crippen molar-refractivity contribution in [1.29, 1.82) is 0 Å². The minimum absolute atomic E-state index is 0.0228. The van der Waals surface area contributed by atoms with E-state index < -0.39 is 0 Å². The summed E-state index contributed by atoms with van der Waals surface area (Å²) < 4.78 is 5.99. The third-order valence-corrected chi connectivity index (χ3v) is 6.66. The Labute approximate surface area is 192 Å². The number of aromatic amines is 1. The molecule has 2 N–H and O–H groups in total. The molecule has 0 aliphatic carbocycles. The van der Waals surface area contributed by atoms with Gasteiger partial charge in [-0.05, 0) is 41.8 Å². The summed E-state index contributed by atoms with van der Waals surface area (Å²) in [5.74, 6) is 0.708. The fourth-order valence-corrected chi connectivity index (χ4v) is 4.94. The molecule has 8 heteroatoms. The molecule has 0 saturated carbocycles. The lowest BCUT2D eigenvalue weighted by Crippen LogP contribution is -2.46. The number of H-pyrrole nitrogens is 1. The van der Waals surface area contributed by atoms with Crippen LogP contribution in [0, 0.1) is 0 Å². The third kappa shape index (κ3) is 4.06. The van der Waals surface area contributed by atoms with Crippen LogP contribution in [0.4, 0.5) is 5.69 Å². The van der Waals surface area contributed by atoms with Crippen LogP contribution in [0.3, 0.4) is 0 Å². The molecule has 5 rings (SSSR count). The SMILES string of the molecule is CCc1c2c3c(cc(CN4CCN(c5ccc(C(=O)NC)nc5)CC4)cc3[nH]c1=O)OCC2. The number of amides is 1. The third-order valence-electron chi connectivity index (χ3n) is 6.66. The van der Waals surface area contributed by atoms with Crippen LogP contribution < -0.4 is 20.5 Å². The van der Waals surface area contributed by atoms with Gasteiger partial charge in [0.05, 0.1) is 24.0 Å². The summed E-state index contributed by atoms with van der Waals surface area (Å²) in [5.41, 5.74) is 5.53. The molecule has 1 aromatic carbocycles. The summed E-state index contributed by atoms with van der Waals surface area (Å²) in [6.07, 6.45) is 3.29. The number of anilines is 1. The molecule has 0 radical (unpaired) electrons. The Kier molecular flexibility index (Phi) is 5.76. The number of nitrogens with one attached hydrogen (secondary N) is 2. The molecule has 0 unspecified atom stereocenters. The highest BCUT2D eigenvalue weighted by molar-refractivity contribution is 5.92. The van der Waals surface area contributed by atoms with E-state index in [1.54, 1.807) is 19.3 Å². The fraction of sp³-hybridized carbons (Fsp3) is 0.400. The van der Waals surface area contributed by atoms with Crippen LogP contribution in [0.25, 0.3) is 10.9 Å². The van der Waals surface area contributed by atoms with Crippen molar-refractivity contribution in [3.05, 3.63) is 63.2 Å². The molecule has 2 aliphatic heterocycles. The maximum absolute atomic E-state index is 12.6. The zero-order valence-corrected chi connectivity index (χ0v) is 19.1. The van der Waals surface area contributed by atoms with Crippen LogP contribution in [0.1, 0.15) is 34.1 Å². The van der Waals surface area contributed by atoms with Crippen LogP contribution >= 0.6 is 0 Å². The number of hydrogen-bond donors (Lipinski definition) is 2. The molecular formula is C25H29N5O3. The standard InChI is InChI=1S/C25H29N5O3/c1-3-18-19-6-11-33-22-13-16(12-21(23(19)22)28-24(18)31)15-29-7-9-30(10-8-29)17-4-5-20(27-14-17)25(32)26-2/h4-5,12-14H,3,6-11,15H2,1-2H3,(H,26,32)(H,28,31). The zero-order chi connectivity index (χ0) is 22.9. The van der Waals surface area contributed by atoms with Gasteiger partial charge in [0.15, 0.2) is 0 Å². The Balaban J connectivity index is 1.30. The van der Waals surface area contributed by atoms with Crippen molar-refractivity contribution in [2.24, 2.45) is 0 Å². The Morgan fingerprint density at radius 1 is 1.21 bits per heavy atom. The average Bonchev–Trinajstić information content (AvgIpc) is 2.84. The van der Waals surface area contributed by atoms with E-state index in [9.17, 15) is 9.59 Å². The quantitative estimate of drug-likeness (QED) is 0.623. The van der Waals surface area contributed by atoms with E-state index in [1.165, 1.54) is 0 Å². The Morgan fingerprint density at radius 3 is 2.73 bits per heavy atom. The van der Waals surface area contributed by atoms with E-state index >= 15 is 0 Å². The number of rotatable bonds is 5. The summed E-state index contributed by atoms with van der Waals surface area (Å²) in [4.78, 5) is 36.4. The summed E-state index contributed by atoms with van der Waals surface area (Å²) >= 11 is 0. The summed E-state index contributed by atoms with van der Waals surface area (Å²) in [6.45, 7) is 7.07. The minimum Gasteiger partial charge on any atom is -0.493 e. The Hall–Kier alpha value is -3.39. The monoisotopic (exact) mass is 447 g/mol. The number of hydrogen-bond acceptors (Lipinski definition) is 6. The smallest absolute Gasteiger partial charge is 0.269 e. The number of carbonyl (C=O) groups excluding carboxylic acids is 1. The van der Waals surface area contributed by atoms with Crippen LogP contribution in [0.15, 0.2) is 35.3 Å². The molecule has 0 atom stereocenters. The molecule has 0 spiro atoms. The first-order valence-corrected chi connectivity index (χ1v) is 11.6. The lowest BCUT2D eigenvalue weighted by Gasteiger charge is -2.36. The molecule has 8 nitrogen and oxygen atoms in total. The molecule has 33 heavy (non-hydrogen) atoms. The Morgan fingerprint density at radius 2 is 2.03 bits per heavy atom. The van der Waals surface area contributed by atoms with Crippen LogP contribution in [0.2, 0.25) is 0 Å². The van der Waals surface area contributed by atoms with Gasteiger partial charge in [-0.25, -0.2) is 4.98 Å². The molecule has 1 amide bonds. The molecular weight excluding hydrogens is 418 g/mol. The number of carbonyl (C=O) groups is 1. The number of benzene rings is 1. The highest BCUT2D eigenvalue weighted by Crippen LogP contribution is 2.34. The zero-order valence-electron chi connectivity index (χ0n) is 19.1. The van der Waals surface area contributed by atoms with Gasteiger partial charge in [0.1, 0.15) is 11.4 Å². The van der Waals surface area contributed by atoms with Gasteiger partial charge in [0.25, 0.3) is 11.5 Å². The van der Waals surface area contributed by atoms with Crippen molar-refractivity contribution >= 4 is 22.5 Å². The molecule has 1 saturated heterocycles. The fourth-order valence-electron chi connectivity index (χ4n) is 4.94. The van der Waals surface area contributed by atoms with Crippen molar-refractivity contribution in [2.45, 2.75) is 26.3 Å². The lowest BCUT2D eigenvalue weighted by atomic mass is 9.95. The minimum atomic E-state index is -0.177. The van der Waals surface area contributed by atoms with Crippen molar-refractivity contribution in [2.75, 3.05) is 44.7 Å². The van der Waals surface area contributed by atoms with Gasteiger partial charge in [-0.15, -0.1) is 0 Å². The first-order chi connectivity index (χ1) is 16.1. The molecule has 2 aliphatic rings. The molecule has 172 valence electrons. The first kappa shape index (κ1) is 21.5. The number of pyridine rings is 2. The number of ether oxygens (including phenoxy) is 1. The van der Waals surface area contributed by atoms with Crippen LogP contribution in [-0.2, 0) is 19.4 Å². The predicted octanol–water partition coefficient (Wildman–Crippen LogP) is 2.10. The van der Waals surface area contributed by atoms with Gasteiger partial charge in [0.2, 0.25) is 0 Å². The maximum Gasteiger partial charge on any atom is 0.269 e. The molecule has 4 heterocycles. The van der Waals surface area contributed by atoms with Gasteiger partial charge in [0, 0.05) is 57.1 Å². The summed E-state index contributed by atoms with van der Waals surface area (Å²) in [6, 6.07) is 7.96. The van der Waals surface area contributed by atoms with E-state index in [0.29, 0.717) is 12.3 Å². The average molecular weight is 448 g/mol. The normalized spacial score (nSPS) is 16.0. The van der Waals surface area contributed by atoms with E-state index in [2.05, 4.69) is 37.2 Å². The highest BCUT2D eigenvalue weighted by atomic mass is 16.5. The summed E-state index contributed by atoms with van der Waals surface area (Å²) in [7, 11) is 1.60. The van der Waals surface area contributed by atoms with Crippen molar-refractivity contribution in [3.63, 3.8) is 0 Å². The second kappa shape index (κ2) is 8.86. The molecule has 1 fully saturated rings.